The van der Waals surface area contributed by atoms with Crippen LogP contribution in [0.5, 0.6) is 5.75 Å². The van der Waals surface area contributed by atoms with Crippen LogP contribution in [0.4, 0.5) is 8.78 Å². The predicted octanol–water partition coefficient (Wildman–Crippen LogP) is 3.31. The second-order valence-electron chi connectivity index (χ2n) is 4.66. The molecule has 0 bridgehead atoms. The number of nitrogens with one attached hydrogen (secondary N) is 1. The Kier molecular flexibility index (Phi) is 5.25. The molecule has 3 nitrogen and oxygen atoms in total. The van der Waals surface area contributed by atoms with Crippen molar-refractivity contribution in [3.05, 3.63) is 65.2 Å². The molecule has 5 heteroatoms. The number of hydrogen-bond acceptors (Lipinski definition) is 3. The van der Waals surface area contributed by atoms with Crippen LogP contribution in [-0.4, -0.2) is 6.61 Å². The largest absolute Gasteiger partial charge is 0.494 e. The topological polar surface area (TPSA) is 47.3 Å². The highest BCUT2D eigenvalue weighted by molar-refractivity contribution is 5.37. The highest BCUT2D eigenvalue weighted by atomic mass is 19.1. The number of ether oxygens (including phenoxy) is 1. The SMILES string of the molecule is CCCOc1cccc(C(NN)c2c(F)cccc2F)c1. The smallest absolute Gasteiger partial charge is 0.131 e. The van der Waals surface area contributed by atoms with E-state index in [-0.39, 0.29) is 5.56 Å². The van der Waals surface area contributed by atoms with Gasteiger partial charge in [-0.05, 0) is 36.2 Å². The lowest BCUT2D eigenvalue weighted by atomic mass is 9.98. The van der Waals surface area contributed by atoms with E-state index in [0.717, 1.165) is 6.42 Å². The number of rotatable bonds is 6. The van der Waals surface area contributed by atoms with Crippen LogP contribution in [0.2, 0.25) is 0 Å². The van der Waals surface area contributed by atoms with Crippen molar-refractivity contribution in [2.45, 2.75) is 19.4 Å². The number of benzene rings is 2. The number of hydrogen-bond donors (Lipinski definition) is 2. The zero-order valence-corrected chi connectivity index (χ0v) is 11.8. The fourth-order valence-corrected chi connectivity index (χ4v) is 2.14. The molecule has 0 saturated heterocycles. The Bertz CT molecular complexity index is 584. The van der Waals surface area contributed by atoms with Crippen molar-refractivity contribution in [3.8, 4) is 5.75 Å². The first-order valence-electron chi connectivity index (χ1n) is 6.80. The third-order valence-corrected chi connectivity index (χ3v) is 3.12. The van der Waals surface area contributed by atoms with Gasteiger partial charge in [0.2, 0.25) is 0 Å². The average molecular weight is 292 g/mol. The van der Waals surface area contributed by atoms with Gasteiger partial charge in [-0.15, -0.1) is 0 Å². The minimum Gasteiger partial charge on any atom is -0.494 e. The first-order chi connectivity index (χ1) is 10.2. The molecule has 0 aromatic heterocycles. The maximum absolute atomic E-state index is 13.9. The zero-order valence-electron chi connectivity index (χ0n) is 11.8. The molecule has 0 aliphatic rings. The molecule has 0 spiro atoms. The summed E-state index contributed by atoms with van der Waals surface area (Å²) < 4.78 is 33.3. The van der Waals surface area contributed by atoms with E-state index in [1.807, 2.05) is 6.92 Å². The standard InChI is InChI=1S/C16H18F2N2O/c1-2-9-21-12-6-3-5-11(10-12)16(20-19)15-13(17)7-4-8-14(15)18/h3-8,10,16,20H,2,9,19H2,1H3. The molecule has 0 heterocycles. The molecule has 1 atom stereocenters. The molecule has 3 N–H and O–H groups in total. The van der Waals surface area contributed by atoms with Gasteiger partial charge in [0.05, 0.1) is 12.6 Å². The third-order valence-electron chi connectivity index (χ3n) is 3.12. The van der Waals surface area contributed by atoms with Crippen LogP contribution in [0.15, 0.2) is 42.5 Å². The molecule has 0 amide bonds. The summed E-state index contributed by atoms with van der Waals surface area (Å²) >= 11 is 0. The summed E-state index contributed by atoms with van der Waals surface area (Å²) in [6, 6.07) is 9.99. The zero-order chi connectivity index (χ0) is 15.2. The molecule has 21 heavy (non-hydrogen) atoms. The summed E-state index contributed by atoms with van der Waals surface area (Å²) in [5.41, 5.74) is 2.99. The maximum atomic E-state index is 13.9. The summed E-state index contributed by atoms with van der Waals surface area (Å²) in [6.07, 6.45) is 0.880. The molecule has 0 radical (unpaired) electrons. The van der Waals surface area contributed by atoms with Crippen molar-refractivity contribution in [1.29, 1.82) is 0 Å². The summed E-state index contributed by atoms with van der Waals surface area (Å²) in [5.74, 6) is 4.86. The van der Waals surface area contributed by atoms with Gasteiger partial charge in [-0.2, -0.15) is 0 Å². The van der Waals surface area contributed by atoms with Gasteiger partial charge in [0, 0.05) is 5.56 Å². The number of halogens is 2. The number of hydrazine groups is 1. The molecule has 0 saturated carbocycles. The predicted molar refractivity (Wildman–Crippen MR) is 77.8 cm³/mol. The fraction of sp³-hybridized carbons (Fsp3) is 0.250. The Hall–Kier alpha value is -1.98. The fourth-order valence-electron chi connectivity index (χ4n) is 2.14. The van der Waals surface area contributed by atoms with Crippen LogP contribution in [-0.2, 0) is 0 Å². The van der Waals surface area contributed by atoms with Crippen LogP contribution >= 0.6 is 0 Å². The number of nitrogens with two attached hydrogens (primary N) is 1. The highest BCUT2D eigenvalue weighted by Crippen LogP contribution is 2.28. The quantitative estimate of drug-likeness (QED) is 0.634. The molecule has 0 aliphatic carbocycles. The van der Waals surface area contributed by atoms with E-state index in [1.165, 1.54) is 18.2 Å². The van der Waals surface area contributed by atoms with E-state index in [9.17, 15) is 8.78 Å². The Balaban J connectivity index is 2.37. The minimum absolute atomic E-state index is 0.104. The van der Waals surface area contributed by atoms with Crippen molar-refractivity contribution in [1.82, 2.24) is 5.43 Å². The summed E-state index contributed by atoms with van der Waals surface area (Å²) in [7, 11) is 0. The highest BCUT2D eigenvalue weighted by Gasteiger charge is 2.21. The van der Waals surface area contributed by atoms with Gasteiger partial charge >= 0.3 is 0 Å². The third kappa shape index (κ3) is 3.56. The molecule has 0 aliphatic heterocycles. The second-order valence-corrected chi connectivity index (χ2v) is 4.66. The normalized spacial score (nSPS) is 12.2. The molecule has 2 aromatic rings. The molecule has 112 valence electrons. The van der Waals surface area contributed by atoms with Crippen LogP contribution in [0.3, 0.4) is 0 Å². The van der Waals surface area contributed by atoms with Gasteiger partial charge in [-0.25, -0.2) is 14.2 Å². The Morgan fingerprint density at radius 3 is 2.43 bits per heavy atom. The molecule has 2 rings (SSSR count). The molecule has 2 aromatic carbocycles. The Morgan fingerprint density at radius 1 is 1.14 bits per heavy atom. The van der Waals surface area contributed by atoms with Crippen molar-refractivity contribution < 1.29 is 13.5 Å². The maximum Gasteiger partial charge on any atom is 0.131 e. The molecule has 0 fully saturated rings. The second kappa shape index (κ2) is 7.15. The van der Waals surface area contributed by atoms with E-state index < -0.39 is 17.7 Å². The minimum atomic E-state index is -0.781. The lowest BCUT2D eigenvalue weighted by Crippen LogP contribution is -2.30. The van der Waals surface area contributed by atoms with E-state index in [0.29, 0.717) is 17.9 Å². The summed E-state index contributed by atoms with van der Waals surface area (Å²) in [5, 5.41) is 0. The molecular formula is C16H18F2N2O. The van der Waals surface area contributed by atoms with Crippen LogP contribution in [0.1, 0.15) is 30.5 Å². The van der Waals surface area contributed by atoms with Crippen LogP contribution in [0.25, 0.3) is 0 Å². The van der Waals surface area contributed by atoms with E-state index in [1.54, 1.807) is 24.3 Å². The van der Waals surface area contributed by atoms with Crippen LogP contribution < -0.4 is 16.0 Å². The lowest BCUT2D eigenvalue weighted by molar-refractivity contribution is 0.317. The van der Waals surface area contributed by atoms with Gasteiger partial charge in [0.15, 0.2) is 0 Å². The van der Waals surface area contributed by atoms with Crippen molar-refractivity contribution in [3.63, 3.8) is 0 Å². The summed E-state index contributed by atoms with van der Waals surface area (Å²) in [4.78, 5) is 0. The monoisotopic (exact) mass is 292 g/mol. The van der Waals surface area contributed by atoms with Gasteiger partial charge in [0.1, 0.15) is 17.4 Å². The van der Waals surface area contributed by atoms with Gasteiger partial charge in [0.25, 0.3) is 0 Å². The summed E-state index contributed by atoms with van der Waals surface area (Å²) in [6.45, 7) is 2.58. The van der Waals surface area contributed by atoms with E-state index >= 15 is 0 Å². The average Bonchev–Trinajstić information content (AvgIpc) is 2.49. The first kappa shape index (κ1) is 15.4. The van der Waals surface area contributed by atoms with Crippen molar-refractivity contribution in [2.24, 2.45) is 5.84 Å². The van der Waals surface area contributed by atoms with E-state index in [4.69, 9.17) is 10.6 Å². The van der Waals surface area contributed by atoms with Gasteiger partial charge in [-0.1, -0.05) is 25.1 Å². The molecular weight excluding hydrogens is 274 g/mol. The first-order valence-corrected chi connectivity index (χ1v) is 6.80. The van der Waals surface area contributed by atoms with E-state index in [2.05, 4.69) is 5.43 Å². The molecule has 1 unspecified atom stereocenters. The van der Waals surface area contributed by atoms with Gasteiger partial charge < -0.3 is 4.74 Å². The van der Waals surface area contributed by atoms with Crippen molar-refractivity contribution >= 4 is 0 Å². The van der Waals surface area contributed by atoms with Gasteiger partial charge in [-0.3, -0.25) is 5.84 Å². The Morgan fingerprint density at radius 2 is 1.81 bits per heavy atom. The lowest BCUT2D eigenvalue weighted by Gasteiger charge is -2.19. The Labute approximate surface area is 122 Å². The van der Waals surface area contributed by atoms with Crippen molar-refractivity contribution in [2.75, 3.05) is 6.61 Å². The van der Waals surface area contributed by atoms with Crippen LogP contribution in [0, 0.1) is 11.6 Å².